The molecule has 3 heteroatoms. The number of piperidine rings is 1. The fourth-order valence-electron chi connectivity index (χ4n) is 4.32. The Labute approximate surface area is 106 Å². The topological polar surface area (TPSA) is 18.5 Å². The van der Waals surface area contributed by atoms with Gasteiger partial charge in [0.05, 0.1) is 0 Å². The average molecular weight is 237 g/mol. The smallest absolute Gasteiger partial charge is 0.0152 e. The summed E-state index contributed by atoms with van der Waals surface area (Å²) in [6.45, 7) is 6.26. The van der Waals surface area contributed by atoms with Crippen molar-refractivity contribution in [2.24, 2.45) is 5.92 Å². The van der Waals surface area contributed by atoms with Gasteiger partial charge in [-0.2, -0.15) is 0 Å². The SMILES string of the molecule is CN1CCC(N2CCNCC2)C2CCCCC21. The normalized spacial score (nSPS) is 41.1. The van der Waals surface area contributed by atoms with Crippen LogP contribution < -0.4 is 5.32 Å². The fraction of sp³-hybridized carbons (Fsp3) is 1.00. The fourth-order valence-corrected chi connectivity index (χ4v) is 4.32. The van der Waals surface area contributed by atoms with E-state index in [0.29, 0.717) is 0 Å². The van der Waals surface area contributed by atoms with Crippen LogP contribution in [0.1, 0.15) is 32.1 Å². The minimum atomic E-state index is 0.886. The quantitative estimate of drug-likeness (QED) is 0.738. The van der Waals surface area contributed by atoms with Crippen molar-refractivity contribution in [2.45, 2.75) is 44.2 Å². The molecule has 1 saturated carbocycles. The molecule has 17 heavy (non-hydrogen) atoms. The largest absolute Gasteiger partial charge is 0.314 e. The molecule has 3 nitrogen and oxygen atoms in total. The summed E-state index contributed by atoms with van der Waals surface area (Å²) in [5, 5.41) is 3.48. The van der Waals surface area contributed by atoms with Crippen molar-refractivity contribution in [2.75, 3.05) is 39.8 Å². The van der Waals surface area contributed by atoms with Crippen LogP contribution in [-0.2, 0) is 0 Å². The highest BCUT2D eigenvalue weighted by Gasteiger charge is 2.40. The molecule has 2 saturated heterocycles. The molecule has 0 aromatic carbocycles. The number of nitrogens with one attached hydrogen (secondary N) is 1. The van der Waals surface area contributed by atoms with E-state index in [1.807, 2.05) is 0 Å². The Hall–Kier alpha value is -0.120. The lowest BCUT2D eigenvalue weighted by molar-refractivity contribution is -0.00390. The second-order valence-corrected chi connectivity index (χ2v) is 6.14. The zero-order valence-corrected chi connectivity index (χ0v) is 11.2. The second-order valence-electron chi connectivity index (χ2n) is 6.14. The van der Waals surface area contributed by atoms with Crippen molar-refractivity contribution in [3.05, 3.63) is 0 Å². The zero-order chi connectivity index (χ0) is 11.7. The summed E-state index contributed by atoms with van der Waals surface area (Å²) >= 11 is 0. The Balaban J connectivity index is 1.70. The van der Waals surface area contributed by atoms with Crippen LogP contribution in [0.5, 0.6) is 0 Å². The number of piperazine rings is 1. The molecular weight excluding hydrogens is 210 g/mol. The van der Waals surface area contributed by atoms with Gasteiger partial charge in [0.1, 0.15) is 0 Å². The third kappa shape index (κ3) is 2.38. The molecule has 0 amide bonds. The molecule has 3 atom stereocenters. The molecule has 3 aliphatic rings. The zero-order valence-electron chi connectivity index (χ0n) is 11.2. The Morgan fingerprint density at radius 1 is 0.882 bits per heavy atom. The van der Waals surface area contributed by atoms with Crippen LogP contribution in [0.4, 0.5) is 0 Å². The molecule has 98 valence electrons. The number of likely N-dealkylation sites (tertiary alicyclic amines) is 1. The van der Waals surface area contributed by atoms with Crippen LogP contribution in [0.2, 0.25) is 0 Å². The van der Waals surface area contributed by atoms with Crippen LogP contribution in [0.25, 0.3) is 0 Å². The standard InChI is InChI=1S/C14H27N3/c1-16-9-6-14(17-10-7-15-8-11-17)12-4-2-3-5-13(12)16/h12-15H,2-11H2,1H3. The number of rotatable bonds is 1. The molecule has 0 aromatic rings. The number of nitrogens with zero attached hydrogens (tertiary/aromatic N) is 2. The number of hydrogen-bond donors (Lipinski definition) is 1. The van der Waals surface area contributed by atoms with Gasteiger partial charge in [-0.3, -0.25) is 4.90 Å². The Morgan fingerprint density at radius 2 is 1.65 bits per heavy atom. The highest BCUT2D eigenvalue weighted by molar-refractivity contribution is 4.95. The lowest BCUT2D eigenvalue weighted by Crippen LogP contribution is -2.59. The van der Waals surface area contributed by atoms with Gasteiger partial charge >= 0.3 is 0 Å². The van der Waals surface area contributed by atoms with Crippen LogP contribution >= 0.6 is 0 Å². The van der Waals surface area contributed by atoms with E-state index in [1.165, 1.54) is 64.8 Å². The summed E-state index contributed by atoms with van der Waals surface area (Å²) in [7, 11) is 2.34. The second kappa shape index (κ2) is 5.25. The summed E-state index contributed by atoms with van der Waals surface area (Å²) in [5.74, 6) is 0.959. The Morgan fingerprint density at radius 3 is 2.47 bits per heavy atom. The summed E-state index contributed by atoms with van der Waals surface area (Å²) in [5.41, 5.74) is 0. The van der Waals surface area contributed by atoms with Crippen LogP contribution in [0.3, 0.4) is 0 Å². The van der Waals surface area contributed by atoms with E-state index in [-0.39, 0.29) is 0 Å². The Kier molecular flexibility index (Phi) is 3.69. The van der Waals surface area contributed by atoms with E-state index in [9.17, 15) is 0 Å². The van der Waals surface area contributed by atoms with Crippen LogP contribution in [-0.4, -0.2) is 61.7 Å². The van der Waals surface area contributed by atoms with Gasteiger partial charge < -0.3 is 10.2 Å². The summed E-state index contributed by atoms with van der Waals surface area (Å²) in [4.78, 5) is 5.43. The minimum absolute atomic E-state index is 0.886. The van der Waals surface area contributed by atoms with Gasteiger partial charge in [-0.25, -0.2) is 0 Å². The van der Waals surface area contributed by atoms with Gasteiger partial charge in [-0.15, -0.1) is 0 Å². The van der Waals surface area contributed by atoms with Gasteiger partial charge in [-0.05, 0) is 38.8 Å². The highest BCUT2D eigenvalue weighted by atomic mass is 15.2. The maximum absolute atomic E-state index is 3.48. The van der Waals surface area contributed by atoms with Gasteiger partial charge in [0.2, 0.25) is 0 Å². The maximum atomic E-state index is 3.48. The van der Waals surface area contributed by atoms with E-state index < -0.39 is 0 Å². The van der Waals surface area contributed by atoms with E-state index in [0.717, 1.165) is 18.0 Å². The van der Waals surface area contributed by atoms with Crippen molar-refractivity contribution >= 4 is 0 Å². The summed E-state index contributed by atoms with van der Waals surface area (Å²) in [6, 6.07) is 1.77. The molecule has 0 spiro atoms. The minimum Gasteiger partial charge on any atom is -0.314 e. The first-order valence-corrected chi connectivity index (χ1v) is 7.51. The monoisotopic (exact) mass is 237 g/mol. The predicted octanol–water partition coefficient (Wildman–Crippen LogP) is 1.15. The number of hydrogen-bond acceptors (Lipinski definition) is 3. The lowest BCUT2D eigenvalue weighted by Gasteiger charge is -2.51. The molecule has 2 heterocycles. The first-order chi connectivity index (χ1) is 8.36. The molecule has 0 radical (unpaired) electrons. The molecule has 3 fully saturated rings. The lowest BCUT2D eigenvalue weighted by atomic mass is 9.75. The van der Waals surface area contributed by atoms with Gasteiger partial charge in [0.15, 0.2) is 0 Å². The van der Waals surface area contributed by atoms with E-state index >= 15 is 0 Å². The molecule has 0 aromatic heterocycles. The molecule has 1 aliphatic carbocycles. The summed E-state index contributed by atoms with van der Waals surface area (Å²) in [6.07, 6.45) is 7.25. The molecule has 2 aliphatic heterocycles. The van der Waals surface area contributed by atoms with Crippen molar-refractivity contribution < 1.29 is 0 Å². The molecule has 1 N–H and O–H groups in total. The molecule has 3 rings (SSSR count). The predicted molar refractivity (Wildman–Crippen MR) is 71.2 cm³/mol. The van der Waals surface area contributed by atoms with E-state index in [4.69, 9.17) is 0 Å². The third-order valence-electron chi connectivity index (χ3n) is 5.24. The van der Waals surface area contributed by atoms with E-state index in [2.05, 4.69) is 22.2 Å². The van der Waals surface area contributed by atoms with Crippen molar-refractivity contribution in [1.29, 1.82) is 0 Å². The van der Waals surface area contributed by atoms with Crippen molar-refractivity contribution in [3.63, 3.8) is 0 Å². The maximum Gasteiger partial charge on any atom is 0.0152 e. The Bertz CT molecular complexity index is 250. The van der Waals surface area contributed by atoms with Crippen molar-refractivity contribution in [1.82, 2.24) is 15.1 Å². The molecular formula is C14H27N3. The number of fused-ring (bicyclic) bond motifs is 1. The van der Waals surface area contributed by atoms with Crippen LogP contribution in [0.15, 0.2) is 0 Å². The third-order valence-corrected chi connectivity index (χ3v) is 5.24. The van der Waals surface area contributed by atoms with E-state index in [1.54, 1.807) is 0 Å². The average Bonchev–Trinajstić information content (AvgIpc) is 2.41. The van der Waals surface area contributed by atoms with Crippen LogP contribution in [0, 0.1) is 5.92 Å². The van der Waals surface area contributed by atoms with Gasteiger partial charge in [0, 0.05) is 38.3 Å². The first-order valence-electron chi connectivity index (χ1n) is 7.51. The van der Waals surface area contributed by atoms with Gasteiger partial charge in [0.25, 0.3) is 0 Å². The first kappa shape index (κ1) is 11.9. The molecule has 0 bridgehead atoms. The van der Waals surface area contributed by atoms with Gasteiger partial charge in [-0.1, -0.05) is 12.8 Å². The van der Waals surface area contributed by atoms with Crippen molar-refractivity contribution in [3.8, 4) is 0 Å². The highest BCUT2D eigenvalue weighted by Crippen LogP contribution is 2.37. The summed E-state index contributed by atoms with van der Waals surface area (Å²) < 4.78 is 0. The molecule has 3 unspecified atom stereocenters.